The van der Waals surface area contributed by atoms with Gasteiger partial charge in [-0.25, -0.2) is 8.78 Å². The quantitative estimate of drug-likeness (QED) is 0.886. The van der Waals surface area contributed by atoms with Crippen molar-refractivity contribution in [1.29, 1.82) is 0 Å². The van der Waals surface area contributed by atoms with Crippen LogP contribution in [0.1, 0.15) is 29.5 Å². The largest absolute Gasteiger partial charge is 0.370 e. The van der Waals surface area contributed by atoms with Crippen LogP contribution in [0, 0.1) is 11.6 Å². The number of hydrogen-bond acceptors (Lipinski definition) is 3. The second-order valence-electron chi connectivity index (χ2n) is 6.47. The number of aromatic nitrogens is 2. The van der Waals surface area contributed by atoms with E-state index in [-0.39, 0.29) is 17.6 Å². The molecule has 3 heterocycles. The standard InChI is InChI=1S/C16H20F2N4O/c1-21-15-7-22(6-14(15)20-21)10-5-13(19)16(23-8-10)11-4-9(17)2-3-12(11)18/h2-4,10,13,16,20H,5-8,19H2,1H3/t10?,13-,16+/m0/s1. The zero-order chi connectivity index (χ0) is 16.1. The van der Waals surface area contributed by atoms with E-state index in [1.807, 2.05) is 11.7 Å². The number of aryl methyl sites for hydroxylation is 1. The summed E-state index contributed by atoms with van der Waals surface area (Å²) in [5.41, 5.74) is 8.98. The summed E-state index contributed by atoms with van der Waals surface area (Å²) >= 11 is 0. The summed E-state index contributed by atoms with van der Waals surface area (Å²) in [5, 5.41) is 3.24. The third-order valence-corrected chi connectivity index (χ3v) is 4.95. The molecule has 0 bridgehead atoms. The van der Waals surface area contributed by atoms with Gasteiger partial charge in [0.05, 0.1) is 18.0 Å². The van der Waals surface area contributed by atoms with Crippen LogP contribution in [0.25, 0.3) is 0 Å². The molecule has 2 aliphatic heterocycles. The molecule has 1 aromatic carbocycles. The molecular formula is C16H20F2N4O. The summed E-state index contributed by atoms with van der Waals surface area (Å²) < 4.78 is 35.2. The molecule has 0 aliphatic carbocycles. The molecule has 124 valence electrons. The molecule has 0 radical (unpaired) electrons. The number of benzene rings is 1. The van der Waals surface area contributed by atoms with Crippen LogP contribution in [-0.4, -0.2) is 33.4 Å². The first-order valence-electron chi connectivity index (χ1n) is 7.81. The SMILES string of the molecule is Cn1[nH]c2c1CN(C1CO[C@H](c3cc(F)ccc3F)[C@@H](N)C1)C2. The number of H-pyrrole nitrogens is 1. The molecule has 0 spiro atoms. The Morgan fingerprint density at radius 3 is 2.83 bits per heavy atom. The number of nitrogens with two attached hydrogens (primary N) is 1. The van der Waals surface area contributed by atoms with E-state index in [0.29, 0.717) is 13.0 Å². The second-order valence-corrected chi connectivity index (χ2v) is 6.47. The third-order valence-electron chi connectivity index (χ3n) is 4.95. The average molecular weight is 322 g/mol. The second kappa shape index (κ2) is 5.43. The third kappa shape index (κ3) is 2.49. The molecule has 0 amide bonds. The van der Waals surface area contributed by atoms with Gasteiger partial charge in [0, 0.05) is 37.8 Å². The predicted molar refractivity (Wildman–Crippen MR) is 80.4 cm³/mol. The summed E-state index contributed by atoms with van der Waals surface area (Å²) in [6.07, 6.45) is 0.104. The van der Waals surface area contributed by atoms with E-state index in [9.17, 15) is 8.78 Å². The van der Waals surface area contributed by atoms with Crippen molar-refractivity contribution in [1.82, 2.24) is 14.7 Å². The number of ether oxygens (including phenoxy) is 1. The lowest BCUT2D eigenvalue weighted by atomic mass is 9.93. The Morgan fingerprint density at radius 1 is 1.30 bits per heavy atom. The van der Waals surface area contributed by atoms with Crippen LogP contribution in [0.15, 0.2) is 18.2 Å². The van der Waals surface area contributed by atoms with Gasteiger partial charge in [0.15, 0.2) is 0 Å². The monoisotopic (exact) mass is 322 g/mol. The van der Waals surface area contributed by atoms with Gasteiger partial charge in [-0.05, 0) is 24.6 Å². The molecule has 1 aromatic heterocycles. The highest BCUT2D eigenvalue weighted by Crippen LogP contribution is 2.34. The van der Waals surface area contributed by atoms with E-state index in [2.05, 4.69) is 10.00 Å². The van der Waals surface area contributed by atoms with E-state index < -0.39 is 17.7 Å². The van der Waals surface area contributed by atoms with Gasteiger partial charge in [-0.15, -0.1) is 0 Å². The number of aromatic amines is 1. The van der Waals surface area contributed by atoms with Gasteiger partial charge in [0.1, 0.15) is 17.7 Å². The van der Waals surface area contributed by atoms with E-state index >= 15 is 0 Å². The fraction of sp³-hybridized carbons (Fsp3) is 0.500. The average Bonchev–Trinajstić information content (AvgIpc) is 2.87. The number of hydrogen-bond donors (Lipinski definition) is 2. The van der Waals surface area contributed by atoms with E-state index in [4.69, 9.17) is 10.5 Å². The van der Waals surface area contributed by atoms with Crippen LogP contribution >= 0.6 is 0 Å². The fourth-order valence-electron chi connectivity index (χ4n) is 3.67. The van der Waals surface area contributed by atoms with Crippen LogP contribution in [0.2, 0.25) is 0 Å². The molecule has 2 aromatic rings. The van der Waals surface area contributed by atoms with Crippen molar-refractivity contribution < 1.29 is 13.5 Å². The van der Waals surface area contributed by atoms with E-state index in [0.717, 1.165) is 25.2 Å². The van der Waals surface area contributed by atoms with Crippen molar-refractivity contribution in [2.24, 2.45) is 12.8 Å². The number of nitrogens with one attached hydrogen (secondary N) is 1. The lowest BCUT2D eigenvalue weighted by molar-refractivity contribution is -0.0531. The molecule has 4 rings (SSSR count). The van der Waals surface area contributed by atoms with Crippen LogP contribution < -0.4 is 5.73 Å². The molecular weight excluding hydrogens is 302 g/mol. The molecule has 7 heteroatoms. The van der Waals surface area contributed by atoms with Crippen molar-refractivity contribution >= 4 is 0 Å². The molecule has 1 unspecified atom stereocenters. The van der Waals surface area contributed by atoms with Gasteiger partial charge in [-0.2, -0.15) is 0 Å². The topological polar surface area (TPSA) is 59.2 Å². The Balaban J connectivity index is 1.46. The Bertz CT molecular complexity index is 726. The molecule has 1 saturated heterocycles. The summed E-state index contributed by atoms with van der Waals surface area (Å²) in [7, 11) is 1.99. The highest BCUT2D eigenvalue weighted by atomic mass is 19.1. The zero-order valence-corrected chi connectivity index (χ0v) is 12.9. The molecule has 0 saturated carbocycles. The van der Waals surface area contributed by atoms with E-state index in [1.165, 1.54) is 17.5 Å². The Morgan fingerprint density at radius 2 is 2.13 bits per heavy atom. The molecule has 1 fully saturated rings. The first kappa shape index (κ1) is 14.9. The Hall–Kier alpha value is -1.70. The minimum absolute atomic E-state index is 0.193. The number of rotatable bonds is 2. The van der Waals surface area contributed by atoms with Gasteiger partial charge in [0.2, 0.25) is 0 Å². The fourth-order valence-corrected chi connectivity index (χ4v) is 3.67. The number of nitrogens with zero attached hydrogens (tertiary/aromatic N) is 2. The molecule has 2 aliphatic rings. The van der Waals surface area contributed by atoms with Crippen molar-refractivity contribution in [2.45, 2.75) is 37.7 Å². The summed E-state index contributed by atoms with van der Waals surface area (Å²) in [4.78, 5) is 2.32. The van der Waals surface area contributed by atoms with Gasteiger partial charge in [-0.1, -0.05) is 0 Å². The van der Waals surface area contributed by atoms with Crippen LogP contribution in [0.3, 0.4) is 0 Å². The predicted octanol–water partition coefficient (Wildman–Crippen LogP) is 1.80. The van der Waals surface area contributed by atoms with Gasteiger partial charge < -0.3 is 10.5 Å². The van der Waals surface area contributed by atoms with Crippen LogP contribution in [-0.2, 0) is 24.9 Å². The summed E-state index contributed by atoms with van der Waals surface area (Å²) in [5.74, 6) is -0.946. The first-order chi connectivity index (χ1) is 11.0. The minimum Gasteiger partial charge on any atom is -0.370 e. The lowest BCUT2D eigenvalue weighted by Gasteiger charge is -2.38. The smallest absolute Gasteiger partial charge is 0.129 e. The van der Waals surface area contributed by atoms with Gasteiger partial charge in [-0.3, -0.25) is 14.7 Å². The minimum atomic E-state index is -0.595. The van der Waals surface area contributed by atoms with Gasteiger partial charge >= 0.3 is 0 Å². The first-order valence-corrected chi connectivity index (χ1v) is 7.81. The Kier molecular flexibility index (Phi) is 3.51. The zero-order valence-electron chi connectivity index (χ0n) is 12.9. The van der Waals surface area contributed by atoms with Crippen molar-refractivity contribution in [3.05, 3.63) is 46.8 Å². The van der Waals surface area contributed by atoms with E-state index in [1.54, 1.807) is 0 Å². The molecule has 23 heavy (non-hydrogen) atoms. The van der Waals surface area contributed by atoms with Crippen LogP contribution in [0.5, 0.6) is 0 Å². The van der Waals surface area contributed by atoms with Crippen molar-refractivity contribution in [2.75, 3.05) is 6.61 Å². The summed E-state index contributed by atoms with van der Waals surface area (Å²) in [6, 6.07) is 3.25. The highest BCUT2D eigenvalue weighted by Gasteiger charge is 2.37. The molecule has 5 nitrogen and oxygen atoms in total. The lowest BCUT2D eigenvalue weighted by Crippen LogP contribution is -2.47. The Labute approximate surface area is 133 Å². The van der Waals surface area contributed by atoms with Crippen LogP contribution in [0.4, 0.5) is 8.78 Å². The highest BCUT2D eigenvalue weighted by molar-refractivity contribution is 5.24. The van der Waals surface area contributed by atoms with Crippen molar-refractivity contribution in [3.63, 3.8) is 0 Å². The summed E-state index contributed by atoms with van der Waals surface area (Å²) in [6.45, 7) is 2.20. The maximum atomic E-state index is 13.9. The maximum absolute atomic E-state index is 13.9. The van der Waals surface area contributed by atoms with Gasteiger partial charge in [0.25, 0.3) is 0 Å². The number of halogens is 2. The number of fused-ring (bicyclic) bond motifs is 1. The maximum Gasteiger partial charge on any atom is 0.129 e. The van der Waals surface area contributed by atoms with Crippen molar-refractivity contribution in [3.8, 4) is 0 Å². The normalized spacial score (nSPS) is 28.3. The molecule has 3 atom stereocenters. The molecule has 3 N–H and O–H groups in total.